The van der Waals surface area contributed by atoms with Crippen LogP contribution in [0.2, 0.25) is 5.02 Å². The summed E-state index contributed by atoms with van der Waals surface area (Å²) in [7, 11) is 1.58. The molecule has 0 spiro atoms. The number of carbonyl (C=O) groups is 2. The molecule has 0 unspecified atom stereocenters. The van der Waals surface area contributed by atoms with Crippen LogP contribution >= 0.6 is 11.6 Å². The Balaban J connectivity index is 2.12. The topological polar surface area (TPSA) is 57.5 Å². The van der Waals surface area contributed by atoms with Gasteiger partial charge in [-0.2, -0.15) is 0 Å². The van der Waals surface area contributed by atoms with Gasteiger partial charge in [0, 0.05) is 21.7 Å². The summed E-state index contributed by atoms with van der Waals surface area (Å²) in [5.74, 6) is 0.162. The van der Waals surface area contributed by atoms with E-state index >= 15 is 0 Å². The second-order valence-electron chi connectivity index (χ2n) is 6.49. The number of rotatable bonds is 6. The lowest BCUT2D eigenvalue weighted by Gasteiger charge is -2.08. The minimum atomic E-state index is -0.314. The molecule has 0 aliphatic heterocycles. The fourth-order valence-electron chi connectivity index (χ4n) is 3.21. The lowest BCUT2D eigenvalue weighted by Crippen LogP contribution is -2.14. The van der Waals surface area contributed by atoms with Crippen LogP contribution in [0.25, 0.3) is 10.9 Å². The van der Waals surface area contributed by atoms with E-state index in [9.17, 15) is 9.59 Å². The number of ether oxygens (including phenoxy) is 2. The highest BCUT2D eigenvalue weighted by Crippen LogP contribution is 2.31. The van der Waals surface area contributed by atoms with Gasteiger partial charge in [0.05, 0.1) is 25.7 Å². The number of halogens is 1. The normalized spacial score (nSPS) is 10.9. The van der Waals surface area contributed by atoms with Crippen molar-refractivity contribution in [1.29, 1.82) is 0 Å². The molecule has 0 saturated heterocycles. The van der Waals surface area contributed by atoms with E-state index in [0.29, 0.717) is 28.6 Å². The van der Waals surface area contributed by atoms with E-state index in [1.165, 1.54) is 0 Å². The molecule has 146 valence electrons. The van der Waals surface area contributed by atoms with Crippen LogP contribution in [-0.4, -0.2) is 30.2 Å². The van der Waals surface area contributed by atoms with Crippen molar-refractivity contribution in [3.05, 3.63) is 64.3 Å². The second-order valence-corrected chi connectivity index (χ2v) is 6.93. The van der Waals surface area contributed by atoms with E-state index in [1.54, 1.807) is 42.0 Å². The average Bonchev–Trinajstić information content (AvgIpc) is 2.97. The van der Waals surface area contributed by atoms with Gasteiger partial charge in [-0.3, -0.25) is 14.2 Å². The van der Waals surface area contributed by atoms with Gasteiger partial charge < -0.3 is 9.47 Å². The summed E-state index contributed by atoms with van der Waals surface area (Å²) in [6.45, 7) is 4.16. The fourth-order valence-corrected chi connectivity index (χ4v) is 3.33. The molecule has 0 saturated carbocycles. The SMILES string of the molecule is CCCOC(=O)Cc1c(C)n(C(=O)c2ccc(Cl)cc2)c2ccc(OC)cc12. The zero-order valence-corrected chi connectivity index (χ0v) is 16.9. The number of carbonyl (C=O) groups excluding carboxylic acids is 2. The number of esters is 1. The molecular weight excluding hydrogens is 378 g/mol. The summed E-state index contributed by atoms with van der Waals surface area (Å²) in [6.07, 6.45) is 0.853. The maximum Gasteiger partial charge on any atom is 0.310 e. The molecule has 6 heteroatoms. The van der Waals surface area contributed by atoms with Gasteiger partial charge in [0.15, 0.2) is 0 Å². The Hall–Kier alpha value is -2.79. The van der Waals surface area contributed by atoms with Crippen LogP contribution in [0.3, 0.4) is 0 Å². The molecule has 3 rings (SSSR count). The number of fused-ring (bicyclic) bond motifs is 1. The first-order valence-electron chi connectivity index (χ1n) is 9.10. The molecule has 1 heterocycles. The van der Waals surface area contributed by atoms with Crippen LogP contribution in [0.4, 0.5) is 0 Å². The van der Waals surface area contributed by atoms with E-state index in [-0.39, 0.29) is 18.3 Å². The Labute approximate surface area is 168 Å². The summed E-state index contributed by atoms with van der Waals surface area (Å²) in [4.78, 5) is 25.4. The first kappa shape index (κ1) is 20.0. The molecule has 0 fully saturated rings. The highest BCUT2D eigenvalue weighted by atomic mass is 35.5. The Kier molecular flexibility index (Phi) is 6.05. The molecule has 3 aromatic rings. The number of nitrogens with zero attached hydrogens (tertiary/aromatic N) is 1. The number of aromatic nitrogens is 1. The predicted molar refractivity (Wildman–Crippen MR) is 109 cm³/mol. The number of benzene rings is 2. The Morgan fingerprint density at radius 3 is 2.46 bits per heavy atom. The molecule has 0 bridgehead atoms. The van der Waals surface area contributed by atoms with E-state index in [2.05, 4.69) is 0 Å². The van der Waals surface area contributed by atoms with Crippen LogP contribution < -0.4 is 4.74 Å². The Morgan fingerprint density at radius 1 is 1.11 bits per heavy atom. The van der Waals surface area contributed by atoms with Gasteiger partial charge in [0.2, 0.25) is 0 Å². The minimum absolute atomic E-state index is 0.0936. The predicted octanol–water partition coefficient (Wildman–Crippen LogP) is 4.80. The maximum absolute atomic E-state index is 13.2. The third kappa shape index (κ3) is 3.90. The van der Waals surface area contributed by atoms with Crippen molar-refractivity contribution in [2.75, 3.05) is 13.7 Å². The minimum Gasteiger partial charge on any atom is -0.497 e. The molecule has 0 aliphatic carbocycles. The van der Waals surface area contributed by atoms with Gasteiger partial charge in [-0.05, 0) is 61.4 Å². The van der Waals surface area contributed by atoms with Crippen LogP contribution in [0.5, 0.6) is 5.75 Å². The molecule has 5 nitrogen and oxygen atoms in total. The first-order chi connectivity index (χ1) is 13.5. The average molecular weight is 400 g/mol. The monoisotopic (exact) mass is 399 g/mol. The van der Waals surface area contributed by atoms with Crippen molar-refractivity contribution in [1.82, 2.24) is 4.57 Å². The van der Waals surface area contributed by atoms with E-state index in [0.717, 1.165) is 22.9 Å². The summed E-state index contributed by atoms with van der Waals surface area (Å²) in [6, 6.07) is 12.2. The third-order valence-corrected chi connectivity index (χ3v) is 4.88. The zero-order valence-electron chi connectivity index (χ0n) is 16.1. The van der Waals surface area contributed by atoms with Crippen LogP contribution in [-0.2, 0) is 16.0 Å². The van der Waals surface area contributed by atoms with Gasteiger partial charge in [-0.1, -0.05) is 18.5 Å². The molecular formula is C22H22ClNO4. The molecule has 1 aromatic heterocycles. The molecule has 28 heavy (non-hydrogen) atoms. The second kappa shape index (κ2) is 8.48. The van der Waals surface area contributed by atoms with E-state index in [4.69, 9.17) is 21.1 Å². The summed E-state index contributed by atoms with van der Waals surface area (Å²) >= 11 is 5.94. The summed E-state index contributed by atoms with van der Waals surface area (Å²) < 4.78 is 12.2. The highest BCUT2D eigenvalue weighted by molar-refractivity contribution is 6.30. The first-order valence-corrected chi connectivity index (χ1v) is 9.47. The van der Waals surface area contributed by atoms with E-state index in [1.807, 2.05) is 26.0 Å². The van der Waals surface area contributed by atoms with Crippen molar-refractivity contribution in [2.24, 2.45) is 0 Å². The van der Waals surface area contributed by atoms with Crippen molar-refractivity contribution in [2.45, 2.75) is 26.7 Å². The smallest absolute Gasteiger partial charge is 0.310 e. The van der Waals surface area contributed by atoms with Crippen molar-refractivity contribution in [3.8, 4) is 5.75 Å². The molecule has 0 amide bonds. The number of hydrogen-bond acceptors (Lipinski definition) is 4. The van der Waals surface area contributed by atoms with Gasteiger partial charge in [-0.15, -0.1) is 0 Å². The molecule has 2 aromatic carbocycles. The van der Waals surface area contributed by atoms with Gasteiger partial charge in [0.25, 0.3) is 5.91 Å². The molecule has 0 aliphatic rings. The van der Waals surface area contributed by atoms with Gasteiger partial charge >= 0.3 is 5.97 Å². The zero-order chi connectivity index (χ0) is 20.3. The van der Waals surface area contributed by atoms with Crippen LogP contribution in [0, 0.1) is 6.92 Å². The summed E-state index contributed by atoms with van der Waals surface area (Å²) in [5.41, 5.74) is 2.70. The molecule has 0 N–H and O–H groups in total. The number of methoxy groups -OCH3 is 1. The lowest BCUT2D eigenvalue weighted by molar-refractivity contribution is -0.142. The standard InChI is InChI=1S/C22H22ClNO4/c1-4-11-28-21(25)13-18-14(2)24(20-10-9-17(27-3)12-19(18)20)22(26)15-5-7-16(23)8-6-15/h5-10,12H,4,11,13H2,1-3H3. The van der Waals surface area contributed by atoms with Gasteiger partial charge in [-0.25, -0.2) is 0 Å². The fraction of sp³-hybridized carbons (Fsp3) is 0.273. The maximum atomic E-state index is 13.2. The lowest BCUT2D eigenvalue weighted by atomic mass is 10.1. The Bertz CT molecular complexity index is 1020. The van der Waals surface area contributed by atoms with Crippen molar-refractivity contribution in [3.63, 3.8) is 0 Å². The van der Waals surface area contributed by atoms with Crippen LogP contribution in [0.1, 0.15) is 35.0 Å². The van der Waals surface area contributed by atoms with Crippen LogP contribution in [0.15, 0.2) is 42.5 Å². The summed E-state index contributed by atoms with van der Waals surface area (Å²) in [5, 5.41) is 1.36. The number of hydrogen-bond donors (Lipinski definition) is 0. The highest BCUT2D eigenvalue weighted by Gasteiger charge is 2.22. The third-order valence-electron chi connectivity index (χ3n) is 4.62. The van der Waals surface area contributed by atoms with Gasteiger partial charge in [0.1, 0.15) is 5.75 Å². The largest absolute Gasteiger partial charge is 0.497 e. The van der Waals surface area contributed by atoms with Crippen molar-refractivity contribution < 1.29 is 19.1 Å². The molecule has 0 atom stereocenters. The van der Waals surface area contributed by atoms with E-state index < -0.39 is 0 Å². The molecule has 0 radical (unpaired) electrons. The van der Waals surface area contributed by atoms with Crippen molar-refractivity contribution >= 4 is 34.4 Å². The quantitative estimate of drug-likeness (QED) is 0.559. The Morgan fingerprint density at radius 2 is 1.82 bits per heavy atom.